The molecule has 2 heterocycles. The van der Waals surface area contributed by atoms with E-state index in [1.807, 2.05) is 6.07 Å². The minimum atomic E-state index is -0.439. The minimum absolute atomic E-state index is 0.0545. The van der Waals surface area contributed by atoms with E-state index in [-0.39, 0.29) is 27.5 Å². The Bertz CT molecular complexity index is 999. The molecule has 1 amide bonds. The van der Waals surface area contributed by atoms with Gasteiger partial charge in [-0.1, -0.05) is 43.6 Å². The maximum absolute atomic E-state index is 12.4. The number of rotatable bonds is 0. The summed E-state index contributed by atoms with van der Waals surface area (Å²) in [6.45, 7) is 9.39. The highest BCUT2D eigenvalue weighted by molar-refractivity contribution is 9.09. The van der Waals surface area contributed by atoms with E-state index in [4.69, 9.17) is 4.74 Å². The summed E-state index contributed by atoms with van der Waals surface area (Å²) < 4.78 is 7.10. The van der Waals surface area contributed by atoms with Gasteiger partial charge >= 0.3 is 0 Å². The van der Waals surface area contributed by atoms with Crippen molar-refractivity contribution in [2.45, 2.75) is 76.5 Å². The van der Waals surface area contributed by atoms with E-state index in [1.165, 1.54) is 0 Å². The Hall–Kier alpha value is -1.58. The van der Waals surface area contributed by atoms with Crippen molar-refractivity contribution in [3.8, 4) is 11.8 Å². The van der Waals surface area contributed by atoms with Gasteiger partial charge in [-0.25, -0.2) is 0 Å². The molecule has 2 aliphatic carbocycles. The highest BCUT2D eigenvalue weighted by Gasteiger charge is 2.69. The van der Waals surface area contributed by atoms with Crippen molar-refractivity contribution in [2.75, 3.05) is 0 Å². The average Bonchev–Trinajstić information content (AvgIpc) is 3.08. The molecule has 5 nitrogen and oxygen atoms in total. The zero-order valence-corrected chi connectivity index (χ0v) is 19.6. The third kappa shape index (κ3) is 2.29. The van der Waals surface area contributed by atoms with Crippen LogP contribution in [0.1, 0.15) is 74.0 Å². The van der Waals surface area contributed by atoms with E-state index >= 15 is 0 Å². The van der Waals surface area contributed by atoms with Gasteiger partial charge in [-0.15, -0.1) is 0 Å². The molecule has 160 valence electrons. The molecular weight excluding hydrogens is 444 g/mol. The van der Waals surface area contributed by atoms with Crippen molar-refractivity contribution in [1.82, 2.24) is 5.32 Å². The average molecular weight is 473 g/mol. The van der Waals surface area contributed by atoms with E-state index in [0.717, 1.165) is 42.6 Å². The second-order valence-electron chi connectivity index (χ2n) is 10.7. The largest absolute Gasteiger partial charge is 0.486 e. The van der Waals surface area contributed by atoms with Crippen molar-refractivity contribution in [1.29, 1.82) is 5.26 Å². The molecule has 1 aromatic carbocycles. The molecule has 0 saturated heterocycles. The summed E-state index contributed by atoms with van der Waals surface area (Å²) >= 11 is 3.79. The van der Waals surface area contributed by atoms with Crippen LogP contribution in [0.3, 0.4) is 0 Å². The van der Waals surface area contributed by atoms with Gasteiger partial charge in [0.05, 0.1) is 23.3 Å². The Labute approximate surface area is 186 Å². The number of carbonyl (C=O) groups excluding carboxylic acids is 1. The van der Waals surface area contributed by atoms with Crippen molar-refractivity contribution >= 4 is 21.8 Å². The van der Waals surface area contributed by atoms with Gasteiger partial charge in [-0.3, -0.25) is 4.79 Å². The van der Waals surface area contributed by atoms with Crippen LogP contribution in [0, 0.1) is 34.0 Å². The SMILES string of the molecule is C[C@H]1CC[C@H]2C(C)(C)C(O)C(Br)C[C@]23Oc2c(cc(C#N)c4c2CNC4=O)C[C@]13C. The predicted octanol–water partition coefficient (Wildman–Crippen LogP) is 4.08. The van der Waals surface area contributed by atoms with Crippen LogP contribution in [0.5, 0.6) is 5.75 Å². The number of hydrogen-bond donors (Lipinski definition) is 2. The lowest BCUT2D eigenvalue weighted by Gasteiger charge is -2.67. The van der Waals surface area contributed by atoms with Gasteiger partial charge in [0.2, 0.25) is 0 Å². The Kier molecular flexibility index (Phi) is 4.22. The van der Waals surface area contributed by atoms with E-state index in [2.05, 4.69) is 55.0 Å². The molecule has 0 radical (unpaired) electrons. The maximum Gasteiger partial charge on any atom is 0.253 e. The minimum Gasteiger partial charge on any atom is -0.486 e. The number of benzene rings is 1. The number of fused-ring (bicyclic) bond motifs is 3. The number of alkyl halides is 1. The number of amides is 1. The van der Waals surface area contributed by atoms with E-state index < -0.39 is 11.7 Å². The van der Waals surface area contributed by atoms with Crippen molar-refractivity contribution in [3.63, 3.8) is 0 Å². The van der Waals surface area contributed by atoms with Crippen molar-refractivity contribution < 1.29 is 14.6 Å². The predicted molar refractivity (Wildman–Crippen MR) is 117 cm³/mol. The molecule has 2 aliphatic heterocycles. The highest BCUT2D eigenvalue weighted by Crippen LogP contribution is 2.66. The Balaban J connectivity index is 1.75. The van der Waals surface area contributed by atoms with Gasteiger partial charge < -0.3 is 15.2 Å². The molecule has 4 aliphatic rings. The maximum atomic E-state index is 12.4. The number of aliphatic hydroxyl groups excluding tert-OH is 1. The number of ether oxygens (including phenoxy) is 1. The molecule has 0 aromatic heterocycles. The highest BCUT2D eigenvalue weighted by atomic mass is 79.9. The number of aliphatic hydroxyl groups is 1. The van der Waals surface area contributed by atoms with Crippen molar-refractivity contribution in [3.05, 3.63) is 28.3 Å². The molecular formula is C24H29BrN2O3. The van der Waals surface area contributed by atoms with Gasteiger partial charge in [0.1, 0.15) is 11.4 Å². The Morgan fingerprint density at radius 1 is 1.33 bits per heavy atom. The van der Waals surface area contributed by atoms with Crippen LogP contribution in [0.2, 0.25) is 0 Å². The number of nitrogens with zero attached hydrogens (tertiary/aromatic N) is 1. The topological polar surface area (TPSA) is 82.3 Å². The lowest BCUT2D eigenvalue weighted by molar-refractivity contribution is -0.230. The molecule has 6 atom stereocenters. The summed E-state index contributed by atoms with van der Waals surface area (Å²) in [5.41, 5.74) is 1.94. The quantitative estimate of drug-likeness (QED) is 0.557. The third-order valence-electron chi connectivity index (χ3n) is 9.08. The molecule has 2 N–H and O–H groups in total. The molecule has 2 unspecified atom stereocenters. The summed E-state index contributed by atoms with van der Waals surface area (Å²) in [5.74, 6) is 1.27. The summed E-state index contributed by atoms with van der Waals surface area (Å²) in [5, 5.41) is 23.6. The standard InChI is InChI=1S/C24H29BrN2O3/c1-12-5-6-17-22(2,3)20(28)16(25)9-24(17)23(12,4)8-13-7-14(10-26)18-15(19(13)30-24)11-27-21(18)29/h7,12,16-17,20,28H,5-6,8-9,11H2,1-4H3,(H,27,29)/t12-,16?,17-,20?,23+,24-/m0/s1. The lowest BCUT2D eigenvalue weighted by atomic mass is 9.43. The van der Waals surface area contributed by atoms with Crippen LogP contribution in [0.25, 0.3) is 0 Å². The molecule has 1 aromatic rings. The Morgan fingerprint density at radius 3 is 2.77 bits per heavy atom. The summed E-state index contributed by atoms with van der Waals surface area (Å²) in [7, 11) is 0. The molecule has 30 heavy (non-hydrogen) atoms. The normalized spacial score (nSPS) is 40.8. The van der Waals surface area contributed by atoms with Gasteiger partial charge in [-0.05, 0) is 42.2 Å². The fourth-order valence-corrected chi connectivity index (χ4v) is 8.31. The molecule has 5 rings (SSSR count). The first-order valence-electron chi connectivity index (χ1n) is 10.9. The molecule has 1 spiro atoms. The van der Waals surface area contributed by atoms with Gasteiger partial charge in [0, 0.05) is 34.7 Å². The van der Waals surface area contributed by atoms with Gasteiger partial charge in [-0.2, -0.15) is 5.26 Å². The van der Waals surface area contributed by atoms with E-state index in [0.29, 0.717) is 23.6 Å². The molecule has 6 heteroatoms. The fourth-order valence-electron chi connectivity index (χ4n) is 7.15. The number of halogens is 1. The number of hydrogen-bond acceptors (Lipinski definition) is 4. The van der Waals surface area contributed by atoms with Gasteiger partial charge in [0.15, 0.2) is 0 Å². The summed E-state index contributed by atoms with van der Waals surface area (Å²) in [6, 6.07) is 4.10. The number of nitriles is 1. The molecule has 0 bridgehead atoms. The number of carbonyl (C=O) groups is 1. The second kappa shape index (κ2) is 6.23. The lowest BCUT2D eigenvalue weighted by Crippen LogP contribution is -2.72. The van der Waals surface area contributed by atoms with Crippen molar-refractivity contribution in [2.24, 2.45) is 22.7 Å². The van der Waals surface area contributed by atoms with Gasteiger partial charge in [0.25, 0.3) is 5.91 Å². The monoisotopic (exact) mass is 472 g/mol. The van der Waals surface area contributed by atoms with Crippen LogP contribution < -0.4 is 10.1 Å². The third-order valence-corrected chi connectivity index (χ3v) is 9.90. The van der Waals surface area contributed by atoms with E-state index in [9.17, 15) is 15.2 Å². The zero-order valence-electron chi connectivity index (χ0n) is 18.0. The first-order valence-corrected chi connectivity index (χ1v) is 11.9. The molecule has 2 saturated carbocycles. The zero-order chi connectivity index (χ0) is 21.6. The first-order chi connectivity index (χ1) is 14.1. The fraction of sp³-hybridized carbons (Fsp3) is 0.667. The smallest absolute Gasteiger partial charge is 0.253 e. The van der Waals surface area contributed by atoms with Crippen LogP contribution >= 0.6 is 15.9 Å². The van der Waals surface area contributed by atoms with Crippen LogP contribution in [0.4, 0.5) is 0 Å². The molecule has 2 fully saturated rings. The Morgan fingerprint density at radius 2 is 2.07 bits per heavy atom. The van der Waals surface area contributed by atoms with Crippen LogP contribution in [-0.4, -0.2) is 27.5 Å². The van der Waals surface area contributed by atoms with Crippen LogP contribution in [0.15, 0.2) is 6.07 Å². The second-order valence-corrected chi connectivity index (χ2v) is 11.8. The summed E-state index contributed by atoms with van der Waals surface area (Å²) in [6.07, 6.45) is 3.23. The number of nitrogens with one attached hydrogen (secondary N) is 1. The first kappa shape index (κ1) is 20.3. The summed E-state index contributed by atoms with van der Waals surface area (Å²) in [4.78, 5) is 12.4. The van der Waals surface area contributed by atoms with E-state index in [1.54, 1.807) is 0 Å². The van der Waals surface area contributed by atoms with Crippen LogP contribution in [-0.2, 0) is 13.0 Å².